The van der Waals surface area contributed by atoms with Gasteiger partial charge in [0.1, 0.15) is 11.7 Å². The van der Waals surface area contributed by atoms with E-state index in [4.69, 9.17) is 4.74 Å². The van der Waals surface area contributed by atoms with Gasteiger partial charge < -0.3 is 15.4 Å². The van der Waals surface area contributed by atoms with Gasteiger partial charge in [0, 0.05) is 12.2 Å². The first-order valence-electron chi connectivity index (χ1n) is 11.8. The number of anilines is 3. The predicted molar refractivity (Wildman–Crippen MR) is 130 cm³/mol. The number of hydrogen-bond acceptors (Lipinski definition) is 7. The highest BCUT2D eigenvalue weighted by atomic mass is 19.1. The molecule has 2 aromatic rings. The zero-order valence-electron chi connectivity index (χ0n) is 20.8. The molecule has 2 aromatic heterocycles. The van der Waals surface area contributed by atoms with E-state index >= 15 is 0 Å². The number of esters is 1. The molecular weight excluding hydrogens is 433 g/mol. The molecule has 2 N–H and O–H groups in total. The van der Waals surface area contributed by atoms with Crippen LogP contribution >= 0.6 is 0 Å². The molecule has 0 aliphatic heterocycles. The Kier molecular flexibility index (Phi) is 7.75. The average molecular weight is 468 g/mol. The Hall–Kier alpha value is -3.21. The Balaban J connectivity index is 1.81. The summed E-state index contributed by atoms with van der Waals surface area (Å²) in [6, 6.07) is 4.93. The molecule has 1 aliphatic rings. The van der Waals surface area contributed by atoms with Gasteiger partial charge in [-0.15, -0.1) is 0 Å². The highest BCUT2D eigenvalue weighted by molar-refractivity contribution is 5.70. The lowest BCUT2D eigenvalue weighted by Crippen LogP contribution is -2.36. The van der Waals surface area contributed by atoms with E-state index in [0.717, 1.165) is 18.4 Å². The quantitative estimate of drug-likeness (QED) is 0.442. The maximum atomic E-state index is 14.9. The van der Waals surface area contributed by atoms with Crippen LogP contribution in [0.3, 0.4) is 0 Å². The minimum Gasteiger partial charge on any atom is -0.460 e. The molecule has 0 saturated heterocycles. The zero-order chi connectivity index (χ0) is 25.0. The van der Waals surface area contributed by atoms with E-state index in [1.165, 1.54) is 6.07 Å². The molecule has 1 saturated carbocycles. The third-order valence-corrected chi connectivity index (χ3v) is 5.71. The molecule has 7 nitrogen and oxygen atoms in total. The lowest BCUT2D eigenvalue weighted by Gasteiger charge is -2.30. The molecule has 1 aliphatic carbocycles. The molecule has 1 fully saturated rings. The highest BCUT2D eigenvalue weighted by Crippen LogP contribution is 2.40. The number of ether oxygens (including phenoxy) is 1. The van der Waals surface area contributed by atoms with Crippen molar-refractivity contribution in [3.8, 4) is 6.07 Å². The van der Waals surface area contributed by atoms with E-state index in [1.807, 2.05) is 59.9 Å². The van der Waals surface area contributed by atoms with Crippen molar-refractivity contribution in [3.05, 3.63) is 41.5 Å². The zero-order valence-corrected chi connectivity index (χ0v) is 20.8. The molecule has 8 heteroatoms. The summed E-state index contributed by atoms with van der Waals surface area (Å²) >= 11 is 0. The van der Waals surface area contributed by atoms with Crippen LogP contribution in [0.25, 0.3) is 0 Å². The van der Waals surface area contributed by atoms with E-state index in [-0.39, 0.29) is 47.5 Å². The molecule has 0 amide bonds. The van der Waals surface area contributed by atoms with Crippen LogP contribution in [0.15, 0.2) is 24.5 Å². The number of nitrogens with zero attached hydrogens (tertiary/aromatic N) is 3. The third kappa shape index (κ3) is 6.89. The fourth-order valence-corrected chi connectivity index (χ4v) is 3.97. The second-order valence-corrected chi connectivity index (χ2v) is 10.4. The van der Waals surface area contributed by atoms with E-state index in [2.05, 4.69) is 20.6 Å². The van der Waals surface area contributed by atoms with Crippen LogP contribution in [0, 0.1) is 29.0 Å². The van der Waals surface area contributed by atoms with Gasteiger partial charge in [0.15, 0.2) is 17.5 Å². The van der Waals surface area contributed by atoms with Crippen molar-refractivity contribution in [2.45, 2.75) is 78.4 Å². The topological polar surface area (TPSA) is 99.9 Å². The first-order chi connectivity index (χ1) is 16.0. The van der Waals surface area contributed by atoms with Crippen molar-refractivity contribution in [2.24, 2.45) is 11.8 Å². The lowest BCUT2D eigenvalue weighted by atomic mass is 9.89. The number of aromatic nitrogens is 2. The van der Waals surface area contributed by atoms with Gasteiger partial charge in [-0.2, -0.15) is 5.26 Å². The Bertz CT molecular complexity index is 1070. The highest BCUT2D eigenvalue weighted by Gasteiger charge is 2.28. The summed E-state index contributed by atoms with van der Waals surface area (Å²) < 4.78 is 20.3. The normalized spacial score (nSPS) is 15.4. The standard InChI is InChI=1S/C26H34FN5O2/c1-15(2)23(16(3)9-22(33)34-26(4,5)6)31-25-21(27)11-18(12-28)24(32-25)30-20-10-19(13-29-14-20)17-7-8-17/h10-11,13-17,23H,7-9H2,1-6H3,(H2,30,31,32)/t16-,23-/m1/s1. The molecular formula is C26H34FN5O2. The molecule has 2 atom stereocenters. The monoisotopic (exact) mass is 467 g/mol. The average Bonchev–Trinajstić information content (AvgIpc) is 3.57. The molecule has 2 heterocycles. The summed E-state index contributed by atoms with van der Waals surface area (Å²) in [5.41, 5.74) is 1.37. The maximum absolute atomic E-state index is 14.9. The van der Waals surface area contributed by atoms with Crippen LogP contribution in [-0.2, 0) is 9.53 Å². The van der Waals surface area contributed by atoms with E-state index in [1.54, 1.807) is 6.20 Å². The van der Waals surface area contributed by atoms with Crippen LogP contribution in [0.2, 0.25) is 0 Å². The molecule has 0 aromatic carbocycles. The van der Waals surface area contributed by atoms with Gasteiger partial charge in [0.2, 0.25) is 0 Å². The van der Waals surface area contributed by atoms with Crippen molar-refractivity contribution >= 4 is 23.3 Å². The fourth-order valence-electron chi connectivity index (χ4n) is 3.97. The van der Waals surface area contributed by atoms with Crippen LogP contribution in [0.1, 0.15) is 77.8 Å². The van der Waals surface area contributed by atoms with E-state index in [9.17, 15) is 14.4 Å². The number of nitrogens with one attached hydrogen (secondary N) is 2. The van der Waals surface area contributed by atoms with Crippen LogP contribution in [-0.4, -0.2) is 27.6 Å². The van der Waals surface area contributed by atoms with Crippen LogP contribution in [0.5, 0.6) is 0 Å². The van der Waals surface area contributed by atoms with Gasteiger partial charge >= 0.3 is 5.97 Å². The van der Waals surface area contributed by atoms with Crippen molar-refractivity contribution in [3.63, 3.8) is 0 Å². The smallest absolute Gasteiger partial charge is 0.306 e. The molecule has 34 heavy (non-hydrogen) atoms. The second-order valence-electron chi connectivity index (χ2n) is 10.4. The van der Waals surface area contributed by atoms with Gasteiger partial charge in [0.05, 0.1) is 23.9 Å². The lowest BCUT2D eigenvalue weighted by molar-refractivity contribution is -0.156. The van der Waals surface area contributed by atoms with Crippen molar-refractivity contribution in [1.29, 1.82) is 5.26 Å². The van der Waals surface area contributed by atoms with Gasteiger partial charge in [-0.1, -0.05) is 20.8 Å². The van der Waals surface area contributed by atoms with Crippen LogP contribution in [0.4, 0.5) is 21.7 Å². The Morgan fingerprint density at radius 3 is 2.53 bits per heavy atom. The summed E-state index contributed by atoms with van der Waals surface area (Å²) in [6.07, 6.45) is 5.99. The first-order valence-corrected chi connectivity index (χ1v) is 11.8. The van der Waals surface area contributed by atoms with Gasteiger partial charge in [-0.3, -0.25) is 9.78 Å². The van der Waals surface area contributed by atoms with Gasteiger partial charge in [0.25, 0.3) is 0 Å². The van der Waals surface area contributed by atoms with Crippen molar-refractivity contribution < 1.29 is 13.9 Å². The summed E-state index contributed by atoms with van der Waals surface area (Å²) in [5.74, 6) is -0.159. The summed E-state index contributed by atoms with van der Waals surface area (Å²) in [6.45, 7) is 11.4. The Morgan fingerprint density at radius 1 is 1.24 bits per heavy atom. The van der Waals surface area contributed by atoms with Crippen molar-refractivity contribution in [1.82, 2.24) is 9.97 Å². The second kappa shape index (κ2) is 10.4. The van der Waals surface area contributed by atoms with Gasteiger partial charge in [-0.25, -0.2) is 9.37 Å². The van der Waals surface area contributed by atoms with Gasteiger partial charge in [-0.05, 0) is 69.1 Å². The molecule has 0 radical (unpaired) electrons. The number of rotatable bonds is 9. The van der Waals surface area contributed by atoms with Crippen molar-refractivity contribution in [2.75, 3.05) is 10.6 Å². The SMILES string of the molecule is CC(C)[C@@H](Nc1nc(Nc2cncc(C3CC3)c2)c(C#N)cc1F)[C@H](C)CC(=O)OC(C)(C)C. The molecule has 0 spiro atoms. The van der Waals surface area contributed by atoms with E-state index in [0.29, 0.717) is 11.6 Å². The molecule has 0 unspecified atom stereocenters. The molecule has 3 rings (SSSR count). The number of pyridine rings is 2. The number of carbonyl (C=O) groups excluding carboxylic acids is 1. The first kappa shape index (κ1) is 25.4. The number of hydrogen-bond donors (Lipinski definition) is 2. The predicted octanol–water partition coefficient (Wildman–Crippen LogP) is 5.91. The fraction of sp³-hybridized carbons (Fsp3) is 0.538. The summed E-state index contributed by atoms with van der Waals surface area (Å²) in [7, 11) is 0. The molecule has 182 valence electrons. The summed E-state index contributed by atoms with van der Waals surface area (Å²) in [5, 5.41) is 15.8. The van der Waals surface area contributed by atoms with Crippen LogP contribution < -0.4 is 10.6 Å². The number of carbonyl (C=O) groups is 1. The Labute approximate surface area is 201 Å². The maximum Gasteiger partial charge on any atom is 0.306 e. The minimum absolute atomic E-state index is 0.0301. The van der Waals surface area contributed by atoms with E-state index < -0.39 is 11.4 Å². The third-order valence-electron chi connectivity index (χ3n) is 5.71. The summed E-state index contributed by atoms with van der Waals surface area (Å²) in [4.78, 5) is 21.0. The minimum atomic E-state index is -0.623. The number of nitriles is 1. The largest absolute Gasteiger partial charge is 0.460 e. The Morgan fingerprint density at radius 2 is 1.94 bits per heavy atom. The molecule has 0 bridgehead atoms. The number of halogens is 1.